The van der Waals surface area contributed by atoms with Gasteiger partial charge in [0.2, 0.25) is 5.91 Å². The molecule has 4 rings (SSSR count). The molecule has 2 aliphatic heterocycles. The highest BCUT2D eigenvalue weighted by atomic mass is 16.2. The summed E-state index contributed by atoms with van der Waals surface area (Å²) in [6, 6.07) is 7.82. The molecule has 8 heteroatoms. The SMILES string of the molecule is NC(=O)C1CCCN(Cc2ccc(NC(=O)c3n[nH]c4c3CNCC4)cc2)C1. The Balaban J connectivity index is 1.36. The number of nitrogens with two attached hydrogens (primary N) is 1. The third-order valence-electron chi connectivity index (χ3n) is 5.55. The molecule has 0 bridgehead atoms. The molecule has 148 valence electrons. The Morgan fingerprint density at radius 1 is 1.29 bits per heavy atom. The molecule has 1 aromatic heterocycles. The third-order valence-corrected chi connectivity index (χ3v) is 5.55. The summed E-state index contributed by atoms with van der Waals surface area (Å²) in [5.74, 6) is -0.464. The second kappa shape index (κ2) is 8.12. The summed E-state index contributed by atoms with van der Waals surface area (Å²) < 4.78 is 0. The van der Waals surface area contributed by atoms with Crippen LogP contribution in [-0.4, -0.2) is 46.5 Å². The predicted octanol–water partition coefficient (Wildman–Crippen LogP) is 1.00. The quantitative estimate of drug-likeness (QED) is 0.616. The van der Waals surface area contributed by atoms with Crippen molar-refractivity contribution in [1.82, 2.24) is 20.4 Å². The van der Waals surface area contributed by atoms with Gasteiger partial charge in [-0.25, -0.2) is 0 Å². The van der Waals surface area contributed by atoms with E-state index in [1.165, 1.54) is 0 Å². The summed E-state index contributed by atoms with van der Waals surface area (Å²) >= 11 is 0. The molecule has 0 spiro atoms. The van der Waals surface area contributed by atoms with Crippen LogP contribution in [0.1, 0.15) is 40.2 Å². The fourth-order valence-electron chi connectivity index (χ4n) is 3.99. The number of aromatic nitrogens is 2. The molecule has 1 unspecified atom stereocenters. The Morgan fingerprint density at radius 2 is 2.11 bits per heavy atom. The maximum absolute atomic E-state index is 12.6. The van der Waals surface area contributed by atoms with E-state index in [1.807, 2.05) is 24.3 Å². The first-order valence-corrected chi connectivity index (χ1v) is 9.79. The number of benzene rings is 1. The second-order valence-corrected chi connectivity index (χ2v) is 7.58. The van der Waals surface area contributed by atoms with Crippen LogP contribution >= 0.6 is 0 Å². The van der Waals surface area contributed by atoms with Gasteiger partial charge in [-0.2, -0.15) is 5.10 Å². The van der Waals surface area contributed by atoms with Gasteiger partial charge >= 0.3 is 0 Å². The first-order valence-electron chi connectivity index (χ1n) is 9.79. The number of hydrogen-bond acceptors (Lipinski definition) is 5. The number of anilines is 1. The van der Waals surface area contributed by atoms with Crippen LogP contribution in [0.2, 0.25) is 0 Å². The number of nitrogens with zero attached hydrogens (tertiary/aromatic N) is 2. The van der Waals surface area contributed by atoms with E-state index in [4.69, 9.17) is 5.73 Å². The van der Waals surface area contributed by atoms with Gasteiger partial charge in [-0.05, 0) is 37.1 Å². The molecule has 0 saturated carbocycles. The number of H-pyrrole nitrogens is 1. The standard InChI is InChI=1S/C20H26N6O2/c21-19(27)14-2-1-9-26(12-14)11-13-3-5-15(6-4-13)23-20(28)18-16-10-22-8-7-17(16)24-25-18/h3-6,14,22H,1-2,7-12H2,(H2,21,27)(H,23,28)(H,24,25). The molecule has 0 radical (unpaired) electrons. The number of likely N-dealkylation sites (tertiary alicyclic amines) is 1. The first-order chi connectivity index (χ1) is 13.6. The number of piperidine rings is 1. The van der Waals surface area contributed by atoms with Gasteiger partial charge in [-0.15, -0.1) is 0 Å². The average Bonchev–Trinajstić information content (AvgIpc) is 3.14. The summed E-state index contributed by atoms with van der Waals surface area (Å²) in [4.78, 5) is 26.3. The number of primary amides is 1. The minimum Gasteiger partial charge on any atom is -0.369 e. The van der Waals surface area contributed by atoms with E-state index in [1.54, 1.807) is 0 Å². The van der Waals surface area contributed by atoms with Gasteiger partial charge in [0.15, 0.2) is 5.69 Å². The van der Waals surface area contributed by atoms with Gasteiger partial charge in [-0.3, -0.25) is 19.6 Å². The van der Waals surface area contributed by atoms with E-state index in [2.05, 4.69) is 25.7 Å². The molecular weight excluding hydrogens is 356 g/mol. The highest BCUT2D eigenvalue weighted by Crippen LogP contribution is 2.20. The van der Waals surface area contributed by atoms with Crippen molar-refractivity contribution in [2.75, 3.05) is 25.0 Å². The van der Waals surface area contributed by atoms with Gasteiger partial charge in [-0.1, -0.05) is 12.1 Å². The zero-order valence-electron chi connectivity index (χ0n) is 15.8. The normalized spacial score (nSPS) is 19.8. The number of carbonyl (C=O) groups excluding carboxylic acids is 2. The summed E-state index contributed by atoms with van der Waals surface area (Å²) in [6.45, 7) is 4.02. The smallest absolute Gasteiger partial charge is 0.276 e. The second-order valence-electron chi connectivity index (χ2n) is 7.58. The molecule has 5 N–H and O–H groups in total. The zero-order chi connectivity index (χ0) is 19.5. The topological polar surface area (TPSA) is 116 Å². The molecule has 1 atom stereocenters. The minimum absolute atomic E-state index is 0.0541. The molecule has 1 aromatic carbocycles. The third kappa shape index (κ3) is 4.07. The van der Waals surface area contributed by atoms with Crippen LogP contribution < -0.4 is 16.4 Å². The highest BCUT2D eigenvalue weighted by molar-refractivity contribution is 6.04. The van der Waals surface area contributed by atoms with Crippen molar-refractivity contribution < 1.29 is 9.59 Å². The van der Waals surface area contributed by atoms with Crippen LogP contribution in [0.5, 0.6) is 0 Å². The van der Waals surface area contributed by atoms with Crippen molar-refractivity contribution in [1.29, 1.82) is 0 Å². The van der Waals surface area contributed by atoms with Gasteiger partial charge in [0.25, 0.3) is 5.91 Å². The van der Waals surface area contributed by atoms with Crippen molar-refractivity contribution in [3.8, 4) is 0 Å². The lowest BCUT2D eigenvalue weighted by Crippen LogP contribution is -2.40. The number of carbonyl (C=O) groups is 2. The van der Waals surface area contributed by atoms with Crippen molar-refractivity contribution in [3.05, 3.63) is 46.8 Å². The van der Waals surface area contributed by atoms with Crippen molar-refractivity contribution >= 4 is 17.5 Å². The Bertz CT molecular complexity index is 860. The van der Waals surface area contributed by atoms with Gasteiger partial charge in [0.05, 0.1) is 5.92 Å². The van der Waals surface area contributed by atoms with Gasteiger partial charge < -0.3 is 16.4 Å². The molecule has 3 heterocycles. The van der Waals surface area contributed by atoms with E-state index in [9.17, 15) is 9.59 Å². The lowest BCUT2D eigenvalue weighted by molar-refractivity contribution is -0.123. The number of hydrogen-bond donors (Lipinski definition) is 4. The van der Waals surface area contributed by atoms with Gasteiger partial charge in [0, 0.05) is 49.5 Å². The maximum Gasteiger partial charge on any atom is 0.276 e. The van der Waals surface area contributed by atoms with Crippen LogP contribution in [0.3, 0.4) is 0 Å². The fourth-order valence-corrected chi connectivity index (χ4v) is 3.99. The van der Waals surface area contributed by atoms with E-state index in [0.717, 1.165) is 61.4 Å². The van der Waals surface area contributed by atoms with Gasteiger partial charge in [0.1, 0.15) is 0 Å². The fraction of sp³-hybridized carbons (Fsp3) is 0.450. The zero-order valence-corrected chi connectivity index (χ0v) is 15.8. The van der Waals surface area contributed by atoms with Crippen LogP contribution in [-0.2, 0) is 24.3 Å². The molecule has 2 amide bonds. The highest BCUT2D eigenvalue weighted by Gasteiger charge is 2.24. The molecular formula is C20H26N6O2. The first kappa shape index (κ1) is 18.6. The number of rotatable bonds is 5. The molecule has 2 aliphatic rings. The lowest BCUT2D eigenvalue weighted by Gasteiger charge is -2.31. The van der Waals surface area contributed by atoms with Crippen molar-refractivity contribution in [2.45, 2.75) is 32.4 Å². The number of fused-ring (bicyclic) bond motifs is 1. The van der Waals surface area contributed by atoms with Crippen LogP contribution in [0.25, 0.3) is 0 Å². The van der Waals surface area contributed by atoms with Crippen molar-refractivity contribution in [2.24, 2.45) is 11.7 Å². The Kier molecular flexibility index (Phi) is 5.40. The van der Waals surface area contributed by atoms with E-state index in [-0.39, 0.29) is 17.7 Å². The Hall–Kier alpha value is -2.71. The number of amides is 2. The van der Waals surface area contributed by atoms with Crippen molar-refractivity contribution in [3.63, 3.8) is 0 Å². The summed E-state index contributed by atoms with van der Waals surface area (Å²) in [5, 5.41) is 13.4. The van der Waals surface area contributed by atoms with Crippen LogP contribution in [0.15, 0.2) is 24.3 Å². The van der Waals surface area contributed by atoms with E-state index < -0.39 is 0 Å². The molecule has 28 heavy (non-hydrogen) atoms. The summed E-state index contributed by atoms with van der Waals surface area (Å²) in [6.07, 6.45) is 2.73. The molecule has 1 fully saturated rings. The minimum atomic E-state index is -0.210. The van der Waals surface area contributed by atoms with Crippen LogP contribution in [0, 0.1) is 5.92 Å². The molecule has 0 aliphatic carbocycles. The Labute approximate surface area is 163 Å². The lowest BCUT2D eigenvalue weighted by atomic mass is 9.97. The average molecular weight is 382 g/mol. The molecule has 2 aromatic rings. The maximum atomic E-state index is 12.6. The Morgan fingerprint density at radius 3 is 2.89 bits per heavy atom. The number of aromatic amines is 1. The predicted molar refractivity (Wildman–Crippen MR) is 106 cm³/mol. The monoisotopic (exact) mass is 382 g/mol. The van der Waals surface area contributed by atoms with Crippen LogP contribution in [0.4, 0.5) is 5.69 Å². The molecule has 8 nitrogen and oxygen atoms in total. The van der Waals surface area contributed by atoms with E-state index in [0.29, 0.717) is 18.8 Å². The molecule has 1 saturated heterocycles. The van der Waals surface area contributed by atoms with E-state index >= 15 is 0 Å². The number of nitrogens with one attached hydrogen (secondary N) is 3. The largest absolute Gasteiger partial charge is 0.369 e. The summed E-state index contributed by atoms with van der Waals surface area (Å²) in [5.41, 5.74) is 9.78. The summed E-state index contributed by atoms with van der Waals surface area (Å²) in [7, 11) is 0.